The van der Waals surface area contributed by atoms with Crippen molar-refractivity contribution >= 4 is 6.09 Å². The van der Waals surface area contributed by atoms with E-state index >= 15 is 0 Å². The molecule has 1 spiro atoms. The molecule has 3 saturated heterocycles. The quantitative estimate of drug-likeness (QED) is 0.343. The van der Waals surface area contributed by atoms with Gasteiger partial charge in [-0.15, -0.1) is 0 Å². The number of aromatic nitrogens is 2. The smallest absolute Gasteiger partial charge is 0.408 e. The van der Waals surface area contributed by atoms with Crippen molar-refractivity contribution in [2.24, 2.45) is 11.8 Å². The number of imidazole rings is 1. The Bertz CT molecular complexity index is 1050. The lowest BCUT2D eigenvalue weighted by atomic mass is 9.68. The molecule has 39 heavy (non-hydrogen) atoms. The SMILES string of the molecule is CO[C@@H]1[C@H](OC(=O)N[C@H](c2cn(C[C@@H]3CCCN3C)cn2)C(C)C)CC[C@]2(CO2)[C@H]1[C@@]1(C)O[C@@H]1CC=C(C)C. The molecule has 1 saturated carbocycles. The highest BCUT2D eigenvalue weighted by molar-refractivity contribution is 5.68. The van der Waals surface area contributed by atoms with Gasteiger partial charge in [0.1, 0.15) is 23.4 Å². The molecule has 0 radical (unpaired) electrons. The second kappa shape index (κ2) is 11.1. The summed E-state index contributed by atoms with van der Waals surface area (Å²) < 4.78 is 26.6. The Morgan fingerprint density at radius 2 is 2.10 bits per heavy atom. The van der Waals surface area contributed by atoms with Crippen LogP contribution in [0.3, 0.4) is 0 Å². The number of amides is 1. The summed E-state index contributed by atoms with van der Waals surface area (Å²) in [5, 5.41) is 3.11. The second-order valence-electron chi connectivity index (χ2n) is 13.0. The van der Waals surface area contributed by atoms with Crippen LogP contribution in [-0.4, -0.2) is 83.4 Å². The first-order valence-electron chi connectivity index (χ1n) is 14.7. The number of methoxy groups -OCH3 is 1. The van der Waals surface area contributed by atoms with E-state index in [1.54, 1.807) is 7.11 Å². The summed E-state index contributed by atoms with van der Waals surface area (Å²) in [5.41, 5.74) is 1.54. The number of allylic oxidation sites excluding steroid dienone is 1. The predicted molar refractivity (Wildman–Crippen MR) is 148 cm³/mol. The van der Waals surface area contributed by atoms with Crippen molar-refractivity contribution in [2.75, 3.05) is 27.3 Å². The van der Waals surface area contributed by atoms with Crippen molar-refractivity contribution < 1.29 is 23.7 Å². The van der Waals surface area contributed by atoms with Crippen LogP contribution < -0.4 is 5.32 Å². The summed E-state index contributed by atoms with van der Waals surface area (Å²) in [6.07, 6.45) is 10.0. The number of rotatable bonds is 10. The van der Waals surface area contributed by atoms with E-state index < -0.39 is 6.09 Å². The summed E-state index contributed by atoms with van der Waals surface area (Å²) in [5.74, 6) is 0.160. The number of hydrogen-bond acceptors (Lipinski definition) is 7. The second-order valence-corrected chi connectivity index (χ2v) is 13.0. The first-order valence-corrected chi connectivity index (χ1v) is 14.7. The van der Waals surface area contributed by atoms with E-state index in [-0.39, 0.29) is 47.4 Å². The lowest BCUT2D eigenvalue weighted by molar-refractivity contribution is -0.118. The van der Waals surface area contributed by atoms with Gasteiger partial charge >= 0.3 is 6.09 Å². The first kappa shape index (κ1) is 28.6. The van der Waals surface area contributed by atoms with Gasteiger partial charge in [0, 0.05) is 25.9 Å². The molecule has 0 unspecified atom stereocenters. The highest BCUT2D eigenvalue weighted by Crippen LogP contribution is 2.59. The number of likely N-dealkylation sites (tertiary alicyclic amines) is 1. The third-order valence-corrected chi connectivity index (χ3v) is 9.50. The van der Waals surface area contributed by atoms with Gasteiger partial charge in [0.2, 0.25) is 0 Å². The van der Waals surface area contributed by atoms with E-state index in [4.69, 9.17) is 18.9 Å². The minimum Gasteiger partial charge on any atom is -0.443 e. The molecule has 5 rings (SSSR count). The van der Waals surface area contributed by atoms with Gasteiger partial charge in [0.05, 0.1) is 36.7 Å². The predicted octanol–water partition coefficient (Wildman–Crippen LogP) is 4.48. The molecule has 9 heteroatoms. The van der Waals surface area contributed by atoms with Gasteiger partial charge in [-0.2, -0.15) is 0 Å². The van der Waals surface area contributed by atoms with Gasteiger partial charge in [0.15, 0.2) is 0 Å². The van der Waals surface area contributed by atoms with Crippen molar-refractivity contribution in [3.8, 4) is 0 Å². The van der Waals surface area contributed by atoms with Crippen molar-refractivity contribution in [3.05, 3.63) is 29.9 Å². The number of carbonyl (C=O) groups excluding carboxylic acids is 1. The Morgan fingerprint density at radius 1 is 1.33 bits per heavy atom. The molecule has 4 aliphatic rings. The third-order valence-electron chi connectivity index (χ3n) is 9.50. The summed E-state index contributed by atoms with van der Waals surface area (Å²) in [6, 6.07) is 0.293. The average molecular weight is 545 g/mol. The van der Waals surface area contributed by atoms with Crippen molar-refractivity contribution in [2.45, 2.75) is 115 Å². The Labute approximate surface area is 233 Å². The highest BCUT2D eigenvalue weighted by Gasteiger charge is 2.72. The van der Waals surface area contributed by atoms with E-state index in [1.807, 2.05) is 6.33 Å². The average Bonchev–Trinajstić information content (AvgIpc) is 3.67. The molecule has 4 fully saturated rings. The standard InChI is InChI=1S/C30H48N4O5/c1-19(2)10-11-24-29(5,39-24)27-26(36-7)23(12-13-30(27)17-37-30)38-28(35)32-25(20(3)4)22-16-34(18-31-22)15-21-9-8-14-33(21)6/h10,16,18,20-21,23-27H,8-9,11-15,17H2,1-7H3,(H,32,35)/t21-,23+,24+,25-,26+,27+,29-,30-/m0/s1. The van der Waals surface area contributed by atoms with E-state index in [0.29, 0.717) is 19.1 Å². The Kier molecular flexibility index (Phi) is 8.17. The summed E-state index contributed by atoms with van der Waals surface area (Å²) in [4.78, 5) is 20.4. The van der Waals surface area contributed by atoms with E-state index in [2.05, 4.69) is 73.7 Å². The van der Waals surface area contributed by atoms with E-state index in [0.717, 1.165) is 31.6 Å². The molecular formula is C30H48N4O5. The van der Waals surface area contributed by atoms with Gasteiger partial charge in [-0.3, -0.25) is 0 Å². The number of carbonyl (C=O) groups is 1. The molecule has 9 nitrogen and oxygen atoms in total. The number of hydrogen-bond donors (Lipinski definition) is 1. The van der Waals surface area contributed by atoms with Gasteiger partial charge in [0.25, 0.3) is 0 Å². The Hall–Kier alpha value is -1.94. The molecule has 1 N–H and O–H groups in total. The molecule has 4 heterocycles. The Morgan fingerprint density at radius 3 is 2.72 bits per heavy atom. The molecule has 1 amide bonds. The molecule has 1 aliphatic carbocycles. The summed E-state index contributed by atoms with van der Waals surface area (Å²) >= 11 is 0. The topological polar surface area (TPSA) is 93.7 Å². The summed E-state index contributed by atoms with van der Waals surface area (Å²) in [6.45, 7) is 13.3. The number of nitrogens with one attached hydrogen (secondary N) is 1. The van der Waals surface area contributed by atoms with Crippen LogP contribution in [0.1, 0.15) is 78.5 Å². The normalized spacial score (nSPS) is 36.7. The van der Waals surface area contributed by atoms with Gasteiger partial charge in [-0.1, -0.05) is 25.5 Å². The molecule has 8 atom stereocenters. The fourth-order valence-corrected chi connectivity index (χ4v) is 7.04. The van der Waals surface area contributed by atoms with E-state index in [9.17, 15) is 4.79 Å². The highest BCUT2D eigenvalue weighted by atomic mass is 16.6. The fourth-order valence-electron chi connectivity index (χ4n) is 7.04. The number of alkyl carbamates (subject to hydrolysis) is 1. The molecule has 1 aromatic rings. The fraction of sp³-hybridized carbons (Fsp3) is 0.800. The molecule has 218 valence electrons. The van der Waals surface area contributed by atoms with Crippen LogP contribution in [0.25, 0.3) is 0 Å². The molecule has 0 aromatic carbocycles. The van der Waals surface area contributed by atoms with Crippen LogP contribution in [-0.2, 0) is 25.5 Å². The lowest BCUT2D eigenvalue weighted by Gasteiger charge is -2.42. The van der Waals surface area contributed by atoms with Crippen LogP contribution in [0, 0.1) is 11.8 Å². The van der Waals surface area contributed by atoms with Crippen molar-refractivity contribution in [1.29, 1.82) is 0 Å². The summed E-state index contributed by atoms with van der Waals surface area (Å²) in [7, 11) is 3.89. The molecule has 3 aliphatic heterocycles. The van der Waals surface area contributed by atoms with Crippen molar-refractivity contribution in [1.82, 2.24) is 19.8 Å². The minimum absolute atomic E-state index is 0.00225. The maximum absolute atomic E-state index is 13.3. The zero-order valence-corrected chi connectivity index (χ0v) is 24.8. The number of ether oxygens (including phenoxy) is 4. The third kappa shape index (κ3) is 5.92. The molecule has 0 bridgehead atoms. The largest absolute Gasteiger partial charge is 0.443 e. The Balaban J connectivity index is 1.24. The zero-order valence-electron chi connectivity index (χ0n) is 24.8. The monoisotopic (exact) mass is 544 g/mol. The van der Waals surface area contributed by atoms with Gasteiger partial charge < -0.3 is 33.7 Å². The van der Waals surface area contributed by atoms with Gasteiger partial charge in [-0.05, 0) is 72.4 Å². The number of nitrogens with zero attached hydrogens (tertiary/aromatic N) is 3. The maximum Gasteiger partial charge on any atom is 0.408 e. The van der Waals surface area contributed by atoms with Crippen LogP contribution in [0.4, 0.5) is 4.79 Å². The lowest BCUT2D eigenvalue weighted by Crippen LogP contribution is -2.56. The molecular weight excluding hydrogens is 496 g/mol. The van der Waals surface area contributed by atoms with Crippen LogP contribution in [0.5, 0.6) is 0 Å². The number of likely N-dealkylation sites (N-methyl/N-ethyl adjacent to an activating group) is 1. The van der Waals surface area contributed by atoms with Crippen LogP contribution in [0.2, 0.25) is 0 Å². The van der Waals surface area contributed by atoms with Crippen molar-refractivity contribution in [3.63, 3.8) is 0 Å². The first-order chi connectivity index (χ1) is 18.6. The van der Waals surface area contributed by atoms with E-state index in [1.165, 1.54) is 18.4 Å². The zero-order chi connectivity index (χ0) is 27.9. The maximum atomic E-state index is 13.3. The van der Waals surface area contributed by atoms with Gasteiger partial charge in [-0.25, -0.2) is 9.78 Å². The molecule has 1 aromatic heterocycles. The minimum atomic E-state index is -0.430. The van der Waals surface area contributed by atoms with Crippen LogP contribution >= 0.6 is 0 Å². The van der Waals surface area contributed by atoms with Crippen LogP contribution in [0.15, 0.2) is 24.2 Å². The number of epoxide rings is 2.